The first-order valence-electron chi connectivity index (χ1n) is 6.11. The van der Waals surface area contributed by atoms with E-state index in [1.54, 1.807) is 0 Å². The fourth-order valence-corrected chi connectivity index (χ4v) is 2.90. The van der Waals surface area contributed by atoms with Gasteiger partial charge in [-0.25, -0.2) is 0 Å². The maximum Gasteiger partial charge on any atom is 0.0591 e. The summed E-state index contributed by atoms with van der Waals surface area (Å²) in [6.45, 7) is 9.57. The summed E-state index contributed by atoms with van der Waals surface area (Å²) >= 11 is 2.07. The minimum absolute atomic E-state index is 0.721. The van der Waals surface area contributed by atoms with Crippen LogP contribution in [0.4, 0.5) is 0 Å². The molecule has 90 valence electrons. The second kappa shape index (κ2) is 7.53. The van der Waals surface area contributed by atoms with Gasteiger partial charge in [0.15, 0.2) is 0 Å². The highest BCUT2D eigenvalue weighted by molar-refractivity contribution is 8.00. The van der Waals surface area contributed by atoms with Gasteiger partial charge >= 0.3 is 0 Å². The van der Waals surface area contributed by atoms with Crippen molar-refractivity contribution in [1.29, 1.82) is 0 Å². The molecule has 0 spiro atoms. The van der Waals surface area contributed by atoms with Gasteiger partial charge in [0.05, 0.1) is 6.61 Å². The van der Waals surface area contributed by atoms with Gasteiger partial charge in [0.2, 0.25) is 0 Å². The molecule has 3 heteroatoms. The Morgan fingerprint density at radius 3 is 2.80 bits per heavy atom. The lowest BCUT2D eigenvalue weighted by Crippen LogP contribution is -2.32. The molecular weight excluding hydrogens is 206 g/mol. The van der Waals surface area contributed by atoms with E-state index in [4.69, 9.17) is 4.74 Å². The number of hydrogen-bond acceptors (Lipinski definition) is 3. The molecule has 0 aromatic heterocycles. The molecule has 0 bridgehead atoms. The predicted octanol–water partition coefficient (Wildman–Crippen LogP) is 2.53. The largest absolute Gasteiger partial charge is 0.380 e. The Morgan fingerprint density at radius 2 is 2.20 bits per heavy atom. The maximum atomic E-state index is 5.56. The normalized spacial score (nSPS) is 26.4. The highest BCUT2D eigenvalue weighted by atomic mass is 32.2. The van der Waals surface area contributed by atoms with Crippen LogP contribution in [0.5, 0.6) is 0 Å². The second-order valence-electron chi connectivity index (χ2n) is 4.83. The molecule has 0 aromatic carbocycles. The zero-order chi connectivity index (χ0) is 11.1. The third kappa shape index (κ3) is 6.44. The number of ether oxygens (including phenoxy) is 1. The Bertz CT molecular complexity index is 164. The molecule has 15 heavy (non-hydrogen) atoms. The van der Waals surface area contributed by atoms with Crippen molar-refractivity contribution in [3.8, 4) is 0 Å². The van der Waals surface area contributed by atoms with Gasteiger partial charge in [-0.3, -0.25) is 0 Å². The molecule has 0 aliphatic carbocycles. The van der Waals surface area contributed by atoms with Gasteiger partial charge in [0, 0.05) is 30.2 Å². The van der Waals surface area contributed by atoms with Gasteiger partial charge in [0.1, 0.15) is 0 Å². The molecular formula is C12H25NOS. The Morgan fingerprint density at radius 1 is 1.40 bits per heavy atom. The van der Waals surface area contributed by atoms with Crippen LogP contribution in [-0.2, 0) is 4.74 Å². The van der Waals surface area contributed by atoms with Crippen LogP contribution in [0.15, 0.2) is 0 Å². The lowest BCUT2D eigenvalue weighted by Gasteiger charge is -2.12. The van der Waals surface area contributed by atoms with Crippen LogP contribution >= 0.6 is 11.8 Å². The van der Waals surface area contributed by atoms with Crippen LogP contribution in [0.3, 0.4) is 0 Å². The second-order valence-corrected chi connectivity index (χ2v) is 6.30. The highest BCUT2D eigenvalue weighted by Crippen LogP contribution is 2.25. The van der Waals surface area contributed by atoms with Crippen molar-refractivity contribution in [3.05, 3.63) is 0 Å². The van der Waals surface area contributed by atoms with Gasteiger partial charge in [-0.05, 0) is 18.8 Å². The fourth-order valence-electron chi connectivity index (χ4n) is 1.72. The first kappa shape index (κ1) is 13.3. The molecule has 1 saturated heterocycles. The minimum atomic E-state index is 0.721. The minimum Gasteiger partial charge on any atom is -0.380 e. The summed E-state index contributed by atoms with van der Waals surface area (Å²) in [5.41, 5.74) is 0. The zero-order valence-corrected chi connectivity index (χ0v) is 11.1. The SMILES string of the molecule is CC(C)CCOCCNC1CSC(C)C1. The van der Waals surface area contributed by atoms with Gasteiger partial charge in [-0.1, -0.05) is 20.8 Å². The molecule has 1 N–H and O–H groups in total. The summed E-state index contributed by atoms with van der Waals surface area (Å²) in [6, 6.07) is 0.721. The highest BCUT2D eigenvalue weighted by Gasteiger charge is 2.20. The van der Waals surface area contributed by atoms with Crippen LogP contribution in [0.2, 0.25) is 0 Å². The van der Waals surface area contributed by atoms with E-state index in [9.17, 15) is 0 Å². The Hall–Kier alpha value is 0.270. The third-order valence-electron chi connectivity index (χ3n) is 2.72. The van der Waals surface area contributed by atoms with Crippen molar-refractivity contribution in [3.63, 3.8) is 0 Å². The fraction of sp³-hybridized carbons (Fsp3) is 1.00. The topological polar surface area (TPSA) is 21.3 Å². The van der Waals surface area contributed by atoms with E-state index in [1.807, 2.05) is 0 Å². The Balaban J connectivity index is 1.85. The van der Waals surface area contributed by atoms with Gasteiger partial charge in [0.25, 0.3) is 0 Å². The summed E-state index contributed by atoms with van der Waals surface area (Å²) in [4.78, 5) is 0. The molecule has 0 amide bonds. The average Bonchev–Trinajstić information content (AvgIpc) is 2.57. The summed E-state index contributed by atoms with van der Waals surface area (Å²) in [5, 5.41) is 4.39. The van der Waals surface area contributed by atoms with E-state index in [-0.39, 0.29) is 0 Å². The van der Waals surface area contributed by atoms with E-state index in [0.29, 0.717) is 0 Å². The van der Waals surface area contributed by atoms with Crippen LogP contribution in [0.1, 0.15) is 33.6 Å². The van der Waals surface area contributed by atoms with Crippen molar-refractivity contribution in [2.75, 3.05) is 25.5 Å². The van der Waals surface area contributed by atoms with Crippen molar-refractivity contribution in [2.45, 2.75) is 44.9 Å². The molecule has 2 nitrogen and oxygen atoms in total. The van der Waals surface area contributed by atoms with Crippen LogP contribution in [-0.4, -0.2) is 36.8 Å². The zero-order valence-electron chi connectivity index (χ0n) is 10.3. The lowest BCUT2D eigenvalue weighted by atomic mass is 10.1. The monoisotopic (exact) mass is 231 g/mol. The molecule has 1 heterocycles. The predicted molar refractivity (Wildman–Crippen MR) is 68.6 cm³/mol. The molecule has 0 aromatic rings. The number of thioether (sulfide) groups is 1. The van der Waals surface area contributed by atoms with E-state index in [2.05, 4.69) is 37.8 Å². The van der Waals surface area contributed by atoms with Crippen molar-refractivity contribution >= 4 is 11.8 Å². The smallest absolute Gasteiger partial charge is 0.0591 e. The first-order chi connectivity index (χ1) is 7.18. The molecule has 1 aliphatic rings. The van der Waals surface area contributed by atoms with E-state index >= 15 is 0 Å². The molecule has 0 saturated carbocycles. The lowest BCUT2D eigenvalue weighted by molar-refractivity contribution is 0.124. The van der Waals surface area contributed by atoms with Crippen LogP contribution in [0, 0.1) is 5.92 Å². The molecule has 0 radical (unpaired) electrons. The Labute approximate surface area is 98.5 Å². The maximum absolute atomic E-state index is 5.56. The van der Waals surface area contributed by atoms with Crippen molar-refractivity contribution < 1.29 is 4.74 Å². The van der Waals surface area contributed by atoms with Crippen LogP contribution < -0.4 is 5.32 Å². The van der Waals surface area contributed by atoms with Gasteiger partial charge in [-0.2, -0.15) is 11.8 Å². The van der Waals surface area contributed by atoms with E-state index < -0.39 is 0 Å². The van der Waals surface area contributed by atoms with Gasteiger partial charge in [-0.15, -0.1) is 0 Å². The van der Waals surface area contributed by atoms with Crippen molar-refractivity contribution in [1.82, 2.24) is 5.32 Å². The Kier molecular flexibility index (Phi) is 6.69. The molecule has 1 aliphatic heterocycles. The molecule has 1 fully saturated rings. The van der Waals surface area contributed by atoms with E-state index in [1.165, 1.54) is 18.6 Å². The summed E-state index contributed by atoms with van der Waals surface area (Å²) in [5.74, 6) is 2.03. The van der Waals surface area contributed by atoms with Crippen LogP contribution in [0.25, 0.3) is 0 Å². The third-order valence-corrected chi connectivity index (χ3v) is 4.07. The number of rotatable bonds is 7. The average molecular weight is 231 g/mol. The molecule has 2 atom stereocenters. The first-order valence-corrected chi connectivity index (χ1v) is 7.16. The number of nitrogens with one attached hydrogen (secondary N) is 1. The van der Waals surface area contributed by atoms with Crippen molar-refractivity contribution in [2.24, 2.45) is 5.92 Å². The number of hydrogen-bond donors (Lipinski definition) is 1. The quantitative estimate of drug-likeness (QED) is 0.680. The summed E-state index contributed by atoms with van der Waals surface area (Å²) in [6.07, 6.45) is 2.49. The summed E-state index contributed by atoms with van der Waals surface area (Å²) < 4.78 is 5.56. The standard InChI is InChI=1S/C12H25NOS/c1-10(2)4-6-14-7-5-13-12-8-11(3)15-9-12/h10-13H,4-9H2,1-3H3. The molecule has 2 unspecified atom stereocenters. The summed E-state index contributed by atoms with van der Waals surface area (Å²) in [7, 11) is 0. The van der Waals surface area contributed by atoms with E-state index in [0.717, 1.165) is 37.0 Å². The van der Waals surface area contributed by atoms with Gasteiger partial charge < -0.3 is 10.1 Å². The molecule has 1 rings (SSSR count).